The van der Waals surface area contributed by atoms with Crippen LogP contribution in [-0.4, -0.2) is 59.6 Å². The zero-order valence-electron chi connectivity index (χ0n) is 11.1. The summed E-state index contributed by atoms with van der Waals surface area (Å²) in [5.41, 5.74) is 5.38. The summed E-state index contributed by atoms with van der Waals surface area (Å²) in [5.74, 6) is -0.126. The van der Waals surface area contributed by atoms with Crippen LogP contribution in [0.5, 0.6) is 0 Å². The van der Waals surface area contributed by atoms with Crippen LogP contribution in [0.2, 0.25) is 0 Å². The van der Waals surface area contributed by atoms with Crippen LogP contribution in [0.25, 0.3) is 0 Å². The summed E-state index contributed by atoms with van der Waals surface area (Å²) in [4.78, 5) is 38.3. The maximum atomic E-state index is 12.2. The molecule has 2 N–H and O–H groups in total. The summed E-state index contributed by atoms with van der Waals surface area (Å²) in [6.07, 6.45) is 3.61. The van der Waals surface area contributed by atoms with Crippen molar-refractivity contribution >= 4 is 17.6 Å². The van der Waals surface area contributed by atoms with Gasteiger partial charge in [-0.1, -0.05) is 6.42 Å². The number of ketones is 1. The smallest absolute Gasteiger partial charge is 0.236 e. The Morgan fingerprint density at radius 2 is 1.84 bits per heavy atom. The molecule has 2 rings (SSSR count). The lowest BCUT2D eigenvalue weighted by molar-refractivity contribution is -0.137. The van der Waals surface area contributed by atoms with Crippen molar-refractivity contribution in [3.8, 4) is 0 Å². The summed E-state index contributed by atoms with van der Waals surface area (Å²) < 4.78 is 0. The number of hydrogen-bond donors (Lipinski definition) is 1. The van der Waals surface area contributed by atoms with E-state index in [2.05, 4.69) is 0 Å². The van der Waals surface area contributed by atoms with Crippen LogP contribution in [0.4, 0.5) is 0 Å². The van der Waals surface area contributed by atoms with Gasteiger partial charge in [-0.25, -0.2) is 0 Å². The predicted octanol–water partition coefficient (Wildman–Crippen LogP) is -0.482. The highest BCUT2D eigenvalue weighted by Gasteiger charge is 2.30. The van der Waals surface area contributed by atoms with Gasteiger partial charge in [0.2, 0.25) is 11.8 Å². The molecule has 0 aliphatic carbocycles. The highest BCUT2D eigenvalue weighted by Crippen LogP contribution is 2.17. The molecule has 0 aromatic heterocycles. The molecule has 2 heterocycles. The van der Waals surface area contributed by atoms with Crippen LogP contribution < -0.4 is 5.73 Å². The Hall–Kier alpha value is -1.43. The van der Waals surface area contributed by atoms with Gasteiger partial charge in [-0.15, -0.1) is 0 Å². The molecule has 2 fully saturated rings. The van der Waals surface area contributed by atoms with E-state index in [1.807, 2.05) is 4.90 Å². The van der Waals surface area contributed by atoms with E-state index in [1.54, 1.807) is 4.90 Å². The second-order valence-corrected chi connectivity index (χ2v) is 5.30. The van der Waals surface area contributed by atoms with Crippen molar-refractivity contribution < 1.29 is 14.4 Å². The lowest BCUT2D eigenvalue weighted by Gasteiger charge is -2.35. The summed E-state index contributed by atoms with van der Waals surface area (Å²) >= 11 is 0. The van der Waals surface area contributed by atoms with Crippen molar-refractivity contribution in [1.29, 1.82) is 0 Å². The Kier molecular flexibility index (Phi) is 4.52. The van der Waals surface area contributed by atoms with Crippen LogP contribution in [0.1, 0.15) is 32.1 Å². The lowest BCUT2D eigenvalue weighted by atomic mass is 10.0. The van der Waals surface area contributed by atoms with E-state index in [4.69, 9.17) is 5.73 Å². The molecule has 0 radical (unpaired) electrons. The van der Waals surface area contributed by atoms with Crippen LogP contribution in [0.15, 0.2) is 0 Å². The van der Waals surface area contributed by atoms with Crippen LogP contribution in [0, 0.1) is 0 Å². The van der Waals surface area contributed by atoms with Gasteiger partial charge in [-0.2, -0.15) is 0 Å². The zero-order valence-corrected chi connectivity index (χ0v) is 11.1. The summed E-state index contributed by atoms with van der Waals surface area (Å²) in [5, 5.41) is 0. The summed E-state index contributed by atoms with van der Waals surface area (Å²) in [6.45, 7) is 1.99. The zero-order chi connectivity index (χ0) is 13.8. The normalized spacial score (nSPS) is 25.4. The molecule has 2 amide bonds. The Balaban J connectivity index is 1.89. The number of piperidine rings is 2. The molecule has 2 saturated heterocycles. The standard InChI is InChI=1S/C13H21N3O3/c14-13(19)11-3-1-2-6-16(11)9-12(18)15-7-4-10(17)5-8-15/h11H,1-9H2,(H2,14,19). The lowest BCUT2D eigenvalue weighted by Crippen LogP contribution is -2.52. The van der Waals surface area contributed by atoms with E-state index in [0.29, 0.717) is 25.9 Å². The minimum absolute atomic E-state index is 0.000602. The summed E-state index contributed by atoms with van der Waals surface area (Å²) in [6, 6.07) is -0.316. The van der Waals surface area contributed by atoms with Crippen molar-refractivity contribution in [2.24, 2.45) is 5.73 Å². The van der Waals surface area contributed by atoms with E-state index >= 15 is 0 Å². The van der Waals surface area contributed by atoms with Gasteiger partial charge in [0.15, 0.2) is 0 Å². The fourth-order valence-corrected chi connectivity index (χ4v) is 2.78. The second kappa shape index (κ2) is 6.14. The fourth-order valence-electron chi connectivity index (χ4n) is 2.78. The molecule has 19 heavy (non-hydrogen) atoms. The molecule has 0 saturated carbocycles. The summed E-state index contributed by atoms with van der Waals surface area (Å²) in [7, 11) is 0. The first kappa shape index (κ1) is 14.0. The largest absolute Gasteiger partial charge is 0.368 e. The third-order valence-corrected chi connectivity index (χ3v) is 3.95. The molecule has 0 aromatic carbocycles. The van der Waals surface area contributed by atoms with Gasteiger partial charge in [-0.05, 0) is 19.4 Å². The predicted molar refractivity (Wildman–Crippen MR) is 69.2 cm³/mol. The maximum absolute atomic E-state index is 12.2. The molecular formula is C13H21N3O3. The van der Waals surface area contributed by atoms with E-state index in [-0.39, 0.29) is 30.2 Å². The fraction of sp³-hybridized carbons (Fsp3) is 0.769. The first-order valence-corrected chi connectivity index (χ1v) is 6.91. The minimum Gasteiger partial charge on any atom is -0.368 e. The molecular weight excluding hydrogens is 246 g/mol. The number of rotatable bonds is 3. The molecule has 2 aliphatic heterocycles. The Bertz CT molecular complexity index is 373. The number of carbonyl (C=O) groups is 3. The molecule has 0 spiro atoms. The molecule has 2 aliphatic rings. The third-order valence-electron chi connectivity index (χ3n) is 3.95. The maximum Gasteiger partial charge on any atom is 0.236 e. The monoisotopic (exact) mass is 267 g/mol. The Morgan fingerprint density at radius 3 is 2.47 bits per heavy atom. The van der Waals surface area contributed by atoms with Gasteiger partial charge in [-0.3, -0.25) is 19.3 Å². The number of nitrogens with zero attached hydrogens (tertiary/aromatic N) is 2. The topological polar surface area (TPSA) is 83.7 Å². The van der Waals surface area contributed by atoms with Gasteiger partial charge < -0.3 is 10.6 Å². The first-order valence-electron chi connectivity index (χ1n) is 6.91. The molecule has 6 nitrogen and oxygen atoms in total. The van der Waals surface area contributed by atoms with Crippen molar-refractivity contribution in [3.05, 3.63) is 0 Å². The molecule has 1 unspecified atom stereocenters. The van der Waals surface area contributed by atoms with Gasteiger partial charge in [0.1, 0.15) is 5.78 Å². The van der Waals surface area contributed by atoms with Gasteiger partial charge >= 0.3 is 0 Å². The Labute approximate surface area is 112 Å². The number of nitrogens with two attached hydrogens (primary N) is 1. The number of hydrogen-bond acceptors (Lipinski definition) is 4. The van der Waals surface area contributed by atoms with Crippen molar-refractivity contribution in [2.45, 2.75) is 38.1 Å². The second-order valence-electron chi connectivity index (χ2n) is 5.30. The number of amides is 2. The highest BCUT2D eigenvalue weighted by atomic mass is 16.2. The Morgan fingerprint density at radius 1 is 1.16 bits per heavy atom. The van der Waals surface area contributed by atoms with E-state index < -0.39 is 0 Å². The molecule has 0 aromatic rings. The molecule has 6 heteroatoms. The average molecular weight is 267 g/mol. The quantitative estimate of drug-likeness (QED) is 0.748. The molecule has 106 valence electrons. The third kappa shape index (κ3) is 3.53. The van der Waals surface area contributed by atoms with Gasteiger partial charge in [0.25, 0.3) is 0 Å². The highest BCUT2D eigenvalue weighted by molar-refractivity contribution is 5.85. The van der Waals surface area contributed by atoms with Crippen LogP contribution in [0.3, 0.4) is 0 Å². The van der Waals surface area contributed by atoms with E-state index in [1.165, 1.54) is 0 Å². The van der Waals surface area contributed by atoms with Crippen LogP contribution in [-0.2, 0) is 14.4 Å². The van der Waals surface area contributed by atoms with Crippen molar-refractivity contribution in [1.82, 2.24) is 9.80 Å². The number of Topliss-reactive ketones (excluding diaryl/α,β-unsaturated/α-hetero) is 1. The van der Waals surface area contributed by atoms with Crippen LogP contribution >= 0.6 is 0 Å². The number of likely N-dealkylation sites (tertiary alicyclic amines) is 2. The van der Waals surface area contributed by atoms with Crippen molar-refractivity contribution in [3.63, 3.8) is 0 Å². The van der Waals surface area contributed by atoms with Crippen molar-refractivity contribution in [2.75, 3.05) is 26.2 Å². The van der Waals surface area contributed by atoms with Gasteiger partial charge in [0.05, 0.1) is 12.6 Å². The molecule has 0 bridgehead atoms. The molecule has 1 atom stereocenters. The number of primary amides is 1. The van der Waals surface area contributed by atoms with Gasteiger partial charge in [0, 0.05) is 25.9 Å². The minimum atomic E-state index is -0.346. The van der Waals surface area contributed by atoms with E-state index in [0.717, 1.165) is 25.8 Å². The average Bonchev–Trinajstić information content (AvgIpc) is 2.39. The first-order chi connectivity index (χ1) is 9.08. The SMILES string of the molecule is NC(=O)C1CCCCN1CC(=O)N1CCC(=O)CC1. The van der Waals surface area contributed by atoms with E-state index in [9.17, 15) is 14.4 Å². The number of carbonyl (C=O) groups excluding carboxylic acids is 3.